The number of nitrogens with zero attached hydrogens (tertiary/aromatic N) is 1. The highest BCUT2D eigenvalue weighted by Crippen LogP contribution is 2.38. The van der Waals surface area contributed by atoms with E-state index in [1.54, 1.807) is 12.1 Å². The third-order valence-corrected chi connectivity index (χ3v) is 5.43. The van der Waals surface area contributed by atoms with Crippen LogP contribution in [0, 0.1) is 11.7 Å². The van der Waals surface area contributed by atoms with Crippen molar-refractivity contribution in [3.8, 4) is 0 Å². The number of hydrogen-bond acceptors (Lipinski definition) is 2. The van der Waals surface area contributed by atoms with E-state index in [1.165, 1.54) is 31.7 Å². The molecule has 1 spiro atoms. The van der Waals surface area contributed by atoms with Crippen molar-refractivity contribution in [3.05, 3.63) is 29.0 Å². The molecular formula is C17H24ClFN2. The molecule has 0 radical (unpaired) electrons. The Kier molecular flexibility index (Phi) is 4.15. The lowest BCUT2D eigenvalue weighted by atomic mass is 9.88. The molecule has 1 saturated heterocycles. The Bertz CT molecular complexity index is 512. The summed E-state index contributed by atoms with van der Waals surface area (Å²) in [4.78, 5) is 2.35. The lowest BCUT2D eigenvalue weighted by molar-refractivity contribution is 0.245. The Morgan fingerprint density at radius 2 is 2.05 bits per heavy atom. The number of hydrogen-bond donors (Lipinski definition) is 1. The summed E-state index contributed by atoms with van der Waals surface area (Å²) in [6, 6.07) is 5.05. The molecule has 2 aliphatic rings. The van der Waals surface area contributed by atoms with E-state index < -0.39 is 0 Å². The van der Waals surface area contributed by atoms with Gasteiger partial charge >= 0.3 is 0 Å². The van der Waals surface area contributed by atoms with Gasteiger partial charge in [-0.15, -0.1) is 0 Å². The summed E-state index contributed by atoms with van der Waals surface area (Å²) in [5, 5.41) is 4.43. The summed E-state index contributed by atoms with van der Waals surface area (Å²) < 4.78 is 13.7. The standard InChI is InChI=1S/C17H24ClFN2/c1-12(2)16-10-20-17(7-3-4-8-17)11-21(16)15-9-13(19)5-6-14(15)18/h5-6,9,12,16,20H,3-4,7-8,10-11H2,1-2H3. The van der Waals surface area contributed by atoms with E-state index >= 15 is 0 Å². The summed E-state index contributed by atoms with van der Waals surface area (Å²) in [6.45, 7) is 6.32. The van der Waals surface area contributed by atoms with Crippen molar-refractivity contribution >= 4 is 17.3 Å². The van der Waals surface area contributed by atoms with Gasteiger partial charge in [0.2, 0.25) is 0 Å². The summed E-state index contributed by atoms with van der Waals surface area (Å²) in [5.41, 5.74) is 1.05. The maximum Gasteiger partial charge on any atom is 0.125 e. The Balaban J connectivity index is 1.95. The van der Waals surface area contributed by atoms with Gasteiger partial charge in [-0.05, 0) is 37.0 Å². The molecule has 116 valence electrons. The molecule has 0 amide bonds. The Labute approximate surface area is 131 Å². The highest BCUT2D eigenvalue weighted by Gasteiger charge is 2.42. The molecule has 1 unspecified atom stereocenters. The van der Waals surface area contributed by atoms with E-state index in [9.17, 15) is 4.39 Å². The van der Waals surface area contributed by atoms with Gasteiger partial charge in [-0.3, -0.25) is 0 Å². The van der Waals surface area contributed by atoms with Gasteiger partial charge in [-0.25, -0.2) is 4.39 Å². The lowest BCUT2D eigenvalue weighted by Gasteiger charge is -2.49. The number of anilines is 1. The minimum atomic E-state index is -0.212. The molecular weight excluding hydrogens is 287 g/mol. The van der Waals surface area contributed by atoms with Crippen LogP contribution in [0.5, 0.6) is 0 Å². The number of benzene rings is 1. The average molecular weight is 311 g/mol. The van der Waals surface area contributed by atoms with Gasteiger partial charge in [0.05, 0.1) is 10.7 Å². The van der Waals surface area contributed by atoms with Crippen LogP contribution in [-0.2, 0) is 0 Å². The fourth-order valence-electron chi connectivity index (χ4n) is 3.88. The topological polar surface area (TPSA) is 15.3 Å². The molecule has 1 atom stereocenters. The van der Waals surface area contributed by atoms with Crippen LogP contribution in [0.1, 0.15) is 39.5 Å². The summed E-state index contributed by atoms with van der Waals surface area (Å²) in [6.07, 6.45) is 4.98. The van der Waals surface area contributed by atoms with E-state index in [2.05, 4.69) is 24.1 Å². The summed E-state index contributed by atoms with van der Waals surface area (Å²) >= 11 is 6.37. The van der Waals surface area contributed by atoms with Gasteiger partial charge < -0.3 is 10.2 Å². The maximum absolute atomic E-state index is 13.7. The SMILES string of the molecule is CC(C)C1CNC2(CCCC2)CN1c1cc(F)ccc1Cl. The monoisotopic (exact) mass is 310 g/mol. The zero-order chi connectivity index (χ0) is 15.0. The van der Waals surface area contributed by atoms with E-state index in [-0.39, 0.29) is 11.4 Å². The Morgan fingerprint density at radius 3 is 2.71 bits per heavy atom. The Hall–Kier alpha value is -0.800. The molecule has 1 N–H and O–H groups in total. The first-order valence-corrected chi connectivity index (χ1v) is 8.35. The van der Waals surface area contributed by atoms with Crippen LogP contribution in [0.4, 0.5) is 10.1 Å². The molecule has 4 heteroatoms. The van der Waals surface area contributed by atoms with Gasteiger partial charge in [-0.2, -0.15) is 0 Å². The third kappa shape index (κ3) is 2.91. The molecule has 1 aromatic carbocycles. The normalized spacial score (nSPS) is 25.0. The molecule has 1 aliphatic carbocycles. The first-order chi connectivity index (χ1) is 10.0. The first kappa shape index (κ1) is 15.1. The molecule has 0 bridgehead atoms. The second-order valence-electron chi connectivity index (χ2n) is 6.90. The van der Waals surface area contributed by atoms with E-state index in [0.29, 0.717) is 17.0 Å². The third-order valence-electron chi connectivity index (χ3n) is 5.11. The zero-order valence-corrected chi connectivity index (χ0v) is 13.6. The molecule has 1 aliphatic heterocycles. The summed E-state index contributed by atoms with van der Waals surface area (Å²) in [7, 11) is 0. The molecule has 1 heterocycles. The van der Waals surface area contributed by atoms with Gasteiger partial charge in [0, 0.05) is 24.7 Å². The predicted molar refractivity (Wildman–Crippen MR) is 86.6 cm³/mol. The molecule has 0 aromatic heterocycles. The van der Waals surface area contributed by atoms with E-state index in [0.717, 1.165) is 18.8 Å². The van der Waals surface area contributed by atoms with Crippen LogP contribution in [0.25, 0.3) is 0 Å². The maximum atomic E-state index is 13.7. The second-order valence-corrected chi connectivity index (χ2v) is 7.31. The number of piperazine rings is 1. The van der Waals surface area contributed by atoms with Crippen LogP contribution in [0.15, 0.2) is 18.2 Å². The number of halogens is 2. The van der Waals surface area contributed by atoms with Crippen molar-refractivity contribution in [2.45, 2.75) is 51.1 Å². The Morgan fingerprint density at radius 1 is 1.33 bits per heavy atom. The fourth-order valence-corrected chi connectivity index (χ4v) is 4.11. The smallest absolute Gasteiger partial charge is 0.125 e. The molecule has 2 nitrogen and oxygen atoms in total. The number of rotatable bonds is 2. The quantitative estimate of drug-likeness (QED) is 0.879. The van der Waals surface area contributed by atoms with Crippen molar-refractivity contribution in [2.75, 3.05) is 18.0 Å². The van der Waals surface area contributed by atoms with Crippen molar-refractivity contribution in [2.24, 2.45) is 5.92 Å². The highest BCUT2D eigenvalue weighted by atomic mass is 35.5. The molecule has 21 heavy (non-hydrogen) atoms. The minimum Gasteiger partial charge on any atom is -0.364 e. The van der Waals surface area contributed by atoms with E-state index in [4.69, 9.17) is 11.6 Å². The lowest BCUT2D eigenvalue weighted by Crippen LogP contribution is -2.64. The minimum absolute atomic E-state index is 0.195. The summed E-state index contributed by atoms with van der Waals surface area (Å²) in [5.74, 6) is 0.284. The zero-order valence-electron chi connectivity index (χ0n) is 12.8. The van der Waals surface area contributed by atoms with Gasteiger partial charge in [-0.1, -0.05) is 38.3 Å². The van der Waals surface area contributed by atoms with Crippen molar-refractivity contribution in [1.29, 1.82) is 0 Å². The van der Waals surface area contributed by atoms with Gasteiger partial charge in [0.15, 0.2) is 0 Å². The molecule has 1 saturated carbocycles. The fraction of sp³-hybridized carbons (Fsp3) is 0.647. The van der Waals surface area contributed by atoms with Crippen LogP contribution in [0.3, 0.4) is 0 Å². The second kappa shape index (κ2) is 5.77. The van der Waals surface area contributed by atoms with E-state index in [1.807, 2.05) is 0 Å². The molecule has 2 fully saturated rings. The van der Waals surface area contributed by atoms with Crippen molar-refractivity contribution < 1.29 is 4.39 Å². The van der Waals surface area contributed by atoms with Crippen LogP contribution in [-0.4, -0.2) is 24.7 Å². The van der Waals surface area contributed by atoms with Gasteiger partial charge in [0.25, 0.3) is 0 Å². The molecule has 1 aromatic rings. The number of nitrogens with one attached hydrogen (secondary N) is 1. The predicted octanol–water partition coefficient (Wildman–Crippen LogP) is 4.23. The largest absolute Gasteiger partial charge is 0.364 e. The van der Waals surface area contributed by atoms with Gasteiger partial charge in [0.1, 0.15) is 5.82 Å². The van der Waals surface area contributed by atoms with Crippen molar-refractivity contribution in [1.82, 2.24) is 5.32 Å². The molecule has 3 rings (SSSR count). The van der Waals surface area contributed by atoms with Crippen LogP contribution in [0.2, 0.25) is 5.02 Å². The highest BCUT2D eigenvalue weighted by molar-refractivity contribution is 6.33. The van der Waals surface area contributed by atoms with Crippen LogP contribution >= 0.6 is 11.6 Å². The average Bonchev–Trinajstić information content (AvgIpc) is 2.89. The van der Waals surface area contributed by atoms with Crippen molar-refractivity contribution in [3.63, 3.8) is 0 Å². The first-order valence-electron chi connectivity index (χ1n) is 7.97. The van der Waals surface area contributed by atoms with Crippen LogP contribution < -0.4 is 10.2 Å².